The minimum absolute atomic E-state index is 0.0311. The second kappa shape index (κ2) is 4.75. The number of aryl methyl sites for hydroxylation is 1. The monoisotopic (exact) mass is 233 g/mol. The van der Waals surface area contributed by atoms with Gasteiger partial charge in [0, 0.05) is 24.9 Å². The molecule has 0 spiro atoms. The lowest BCUT2D eigenvalue weighted by molar-refractivity contribution is 0.408. The molecule has 2 heterocycles. The molecule has 1 atom stereocenters. The van der Waals surface area contributed by atoms with Gasteiger partial charge in [0.1, 0.15) is 23.4 Å². The van der Waals surface area contributed by atoms with Crippen molar-refractivity contribution in [1.82, 2.24) is 9.55 Å². The Balaban J connectivity index is 2.38. The van der Waals surface area contributed by atoms with Crippen LogP contribution in [0.1, 0.15) is 43.2 Å². The third kappa shape index (κ3) is 2.26. The number of furan rings is 1. The third-order valence-electron chi connectivity index (χ3n) is 2.86. The molecule has 0 aliphatic carbocycles. The highest BCUT2D eigenvalue weighted by Crippen LogP contribution is 2.24. The summed E-state index contributed by atoms with van der Waals surface area (Å²) in [5, 5.41) is 0. The summed E-state index contributed by atoms with van der Waals surface area (Å²) < 4.78 is 7.77. The molecular weight excluding hydrogens is 214 g/mol. The van der Waals surface area contributed by atoms with Crippen LogP contribution < -0.4 is 5.73 Å². The Hall–Kier alpha value is -1.55. The predicted molar refractivity (Wildman–Crippen MR) is 67.0 cm³/mol. The maximum Gasteiger partial charge on any atom is 0.128 e. The van der Waals surface area contributed by atoms with Gasteiger partial charge in [-0.25, -0.2) is 4.98 Å². The Labute approximate surface area is 101 Å². The smallest absolute Gasteiger partial charge is 0.128 e. The summed E-state index contributed by atoms with van der Waals surface area (Å²) in [5.41, 5.74) is 5.87. The Morgan fingerprint density at radius 2 is 2.18 bits per heavy atom. The van der Waals surface area contributed by atoms with Crippen molar-refractivity contribution < 1.29 is 4.42 Å². The lowest BCUT2D eigenvalue weighted by Gasteiger charge is -2.18. The minimum Gasteiger partial charge on any atom is -0.464 e. The number of hydrogen-bond acceptors (Lipinski definition) is 3. The van der Waals surface area contributed by atoms with Crippen LogP contribution in [0.4, 0.5) is 0 Å². The molecule has 0 saturated heterocycles. The topological polar surface area (TPSA) is 57.0 Å². The van der Waals surface area contributed by atoms with Crippen LogP contribution in [-0.2, 0) is 0 Å². The Bertz CT molecular complexity index is 484. The van der Waals surface area contributed by atoms with Gasteiger partial charge in [-0.1, -0.05) is 13.8 Å². The maximum absolute atomic E-state index is 5.87. The van der Waals surface area contributed by atoms with Crippen LogP contribution in [0, 0.1) is 6.92 Å². The fourth-order valence-electron chi connectivity index (χ4n) is 2.03. The van der Waals surface area contributed by atoms with E-state index in [2.05, 4.69) is 23.4 Å². The van der Waals surface area contributed by atoms with E-state index in [1.54, 1.807) is 0 Å². The van der Waals surface area contributed by atoms with Gasteiger partial charge < -0.3 is 14.7 Å². The highest BCUT2D eigenvalue weighted by Gasteiger charge is 2.19. The standard InChI is InChI=1S/C13H19N3O/c1-9(2)13-15-6-7-16(13)11(8-14)12-5-4-10(3)17-12/h4-7,9,11H,8,14H2,1-3H3. The summed E-state index contributed by atoms with van der Waals surface area (Å²) in [5.74, 6) is 3.21. The molecule has 2 aromatic heterocycles. The summed E-state index contributed by atoms with van der Waals surface area (Å²) in [6, 6.07) is 3.98. The van der Waals surface area contributed by atoms with E-state index in [9.17, 15) is 0 Å². The lowest BCUT2D eigenvalue weighted by atomic mass is 10.1. The summed E-state index contributed by atoms with van der Waals surface area (Å²) in [4.78, 5) is 4.38. The molecule has 17 heavy (non-hydrogen) atoms. The van der Waals surface area contributed by atoms with Crippen molar-refractivity contribution in [2.75, 3.05) is 6.54 Å². The Kier molecular flexibility index (Phi) is 3.33. The molecule has 2 N–H and O–H groups in total. The first kappa shape index (κ1) is 11.9. The van der Waals surface area contributed by atoms with Crippen LogP contribution in [0.25, 0.3) is 0 Å². The van der Waals surface area contributed by atoms with Gasteiger partial charge in [0.15, 0.2) is 0 Å². The molecule has 0 radical (unpaired) electrons. The molecule has 4 nitrogen and oxygen atoms in total. The van der Waals surface area contributed by atoms with Crippen LogP contribution in [0.3, 0.4) is 0 Å². The van der Waals surface area contributed by atoms with E-state index in [0.717, 1.165) is 17.3 Å². The second-order valence-corrected chi connectivity index (χ2v) is 4.55. The van der Waals surface area contributed by atoms with E-state index in [0.29, 0.717) is 12.5 Å². The first-order valence-corrected chi connectivity index (χ1v) is 5.92. The normalized spacial score (nSPS) is 13.2. The van der Waals surface area contributed by atoms with Crippen LogP contribution in [0.2, 0.25) is 0 Å². The summed E-state index contributed by atoms with van der Waals surface area (Å²) in [7, 11) is 0. The second-order valence-electron chi connectivity index (χ2n) is 4.55. The number of rotatable bonds is 4. The van der Waals surface area contributed by atoms with Crippen molar-refractivity contribution in [3.05, 3.63) is 41.9 Å². The van der Waals surface area contributed by atoms with Crippen molar-refractivity contribution in [2.45, 2.75) is 32.7 Å². The van der Waals surface area contributed by atoms with Gasteiger partial charge in [-0.3, -0.25) is 0 Å². The quantitative estimate of drug-likeness (QED) is 0.882. The zero-order chi connectivity index (χ0) is 12.4. The predicted octanol–water partition coefficient (Wildman–Crippen LogP) is 2.46. The van der Waals surface area contributed by atoms with Crippen LogP contribution in [0.15, 0.2) is 28.9 Å². The molecule has 0 aliphatic heterocycles. The summed E-state index contributed by atoms with van der Waals surface area (Å²) >= 11 is 0. The summed E-state index contributed by atoms with van der Waals surface area (Å²) in [6.07, 6.45) is 3.78. The van der Waals surface area contributed by atoms with Gasteiger partial charge in [-0.15, -0.1) is 0 Å². The Morgan fingerprint density at radius 3 is 2.71 bits per heavy atom. The van der Waals surface area contributed by atoms with Gasteiger partial charge in [-0.2, -0.15) is 0 Å². The van der Waals surface area contributed by atoms with E-state index in [1.807, 2.05) is 31.5 Å². The molecule has 1 unspecified atom stereocenters. The number of imidazole rings is 1. The van der Waals surface area contributed by atoms with Gasteiger partial charge in [-0.05, 0) is 19.1 Å². The summed E-state index contributed by atoms with van der Waals surface area (Å²) in [6.45, 7) is 6.69. The molecule has 2 aromatic rings. The lowest BCUT2D eigenvalue weighted by Crippen LogP contribution is -2.21. The van der Waals surface area contributed by atoms with Crippen molar-refractivity contribution in [3.63, 3.8) is 0 Å². The van der Waals surface area contributed by atoms with Gasteiger partial charge >= 0.3 is 0 Å². The van der Waals surface area contributed by atoms with E-state index in [4.69, 9.17) is 10.2 Å². The first-order valence-electron chi connectivity index (χ1n) is 5.92. The zero-order valence-electron chi connectivity index (χ0n) is 10.6. The van der Waals surface area contributed by atoms with Crippen molar-refractivity contribution >= 4 is 0 Å². The minimum atomic E-state index is 0.0311. The van der Waals surface area contributed by atoms with Gasteiger partial charge in [0.2, 0.25) is 0 Å². The van der Waals surface area contributed by atoms with Gasteiger partial charge in [0.05, 0.1) is 0 Å². The molecule has 0 aromatic carbocycles. The SMILES string of the molecule is Cc1ccc(C(CN)n2ccnc2C(C)C)o1. The van der Waals surface area contributed by atoms with E-state index >= 15 is 0 Å². The highest BCUT2D eigenvalue weighted by molar-refractivity contribution is 5.14. The molecule has 92 valence electrons. The molecule has 0 amide bonds. The number of hydrogen-bond donors (Lipinski definition) is 1. The van der Waals surface area contributed by atoms with Crippen LogP contribution in [0.5, 0.6) is 0 Å². The van der Waals surface area contributed by atoms with Crippen molar-refractivity contribution in [2.24, 2.45) is 5.73 Å². The molecule has 0 saturated carbocycles. The largest absolute Gasteiger partial charge is 0.464 e. The van der Waals surface area contributed by atoms with Crippen molar-refractivity contribution in [1.29, 1.82) is 0 Å². The van der Waals surface area contributed by atoms with Crippen molar-refractivity contribution in [3.8, 4) is 0 Å². The highest BCUT2D eigenvalue weighted by atomic mass is 16.3. The molecule has 0 bridgehead atoms. The molecular formula is C13H19N3O. The molecule has 0 aliphatic rings. The van der Waals surface area contributed by atoms with E-state index in [-0.39, 0.29) is 6.04 Å². The Morgan fingerprint density at radius 1 is 1.41 bits per heavy atom. The number of nitrogens with zero attached hydrogens (tertiary/aromatic N) is 2. The zero-order valence-corrected chi connectivity index (χ0v) is 10.6. The van der Waals surface area contributed by atoms with E-state index < -0.39 is 0 Å². The van der Waals surface area contributed by atoms with Crippen LogP contribution >= 0.6 is 0 Å². The fourth-order valence-corrected chi connectivity index (χ4v) is 2.03. The van der Waals surface area contributed by atoms with E-state index in [1.165, 1.54) is 0 Å². The molecule has 4 heteroatoms. The third-order valence-corrected chi connectivity index (χ3v) is 2.86. The molecule has 0 fully saturated rings. The van der Waals surface area contributed by atoms with Gasteiger partial charge in [0.25, 0.3) is 0 Å². The average molecular weight is 233 g/mol. The number of aromatic nitrogens is 2. The fraction of sp³-hybridized carbons (Fsp3) is 0.462. The molecule has 2 rings (SSSR count). The average Bonchev–Trinajstić information content (AvgIpc) is 2.89. The number of nitrogens with two attached hydrogens (primary N) is 1. The van der Waals surface area contributed by atoms with Crippen LogP contribution in [-0.4, -0.2) is 16.1 Å². The first-order chi connectivity index (χ1) is 8.13. The maximum atomic E-state index is 5.87.